The molecule has 1 fully saturated rings. The van der Waals surface area contributed by atoms with Gasteiger partial charge in [-0.15, -0.1) is 6.58 Å². The predicted octanol–water partition coefficient (Wildman–Crippen LogP) is 2.73. The summed E-state index contributed by atoms with van der Waals surface area (Å²) >= 11 is 0. The van der Waals surface area contributed by atoms with Gasteiger partial charge in [-0.2, -0.15) is 0 Å². The van der Waals surface area contributed by atoms with Crippen molar-refractivity contribution in [2.45, 2.75) is 26.2 Å². The first-order valence-corrected chi connectivity index (χ1v) is 4.53. The number of hydrogen-bond acceptors (Lipinski definition) is 1. The minimum absolute atomic E-state index is 0.384. The van der Waals surface area contributed by atoms with E-state index < -0.39 is 0 Å². The molecule has 0 radical (unpaired) electrons. The van der Waals surface area contributed by atoms with E-state index in [1.807, 2.05) is 19.1 Å². The average molecular weight is 164 g/mol. The maximum absolute atomic E-state index is 11.2. The Morgan fingerprint density at radius 1 is 1.42 bits per heavy atom. The Labute approximate surface area is 74.2 Å². The van der Waals surface area contributed by atoms with Crippen molar-refractivity contribution >= 4 is 5.78 Å². The molecule has 1 aliphatic carbocycles. The third kappa shape index (κ3) is 2.33. The first kappa shape index (κ1) is 9.24. The largest absolute Gasteiger partial charge is 0.300 e. The number of hydrogen-bond donors (Lipinski definition) is 0. The predicted molar refractivity (Wildman–Crippen MR) is 50.8 cm³/mol. The van der Waals surface area contributed by atoms with Crippen LogP contribution in [0.5, 0.6) is 0 Å². The van der Waals surface area contributed by atoms with Crippen molar-refractivity contribution in [1.82, 2.24) is 0 Å². The van der Waals surface area contributed by atoms with Gasteiger partial charge in [-0.3, -0.25) is 4.79 Å². The fraction of sp³-hybridized carbons (Fsp3) is 0.545. The van der Waals surface area contributed by atoms with Gasteiger partial charge in [0.25, 0.3) is 0 Å². The number of carbonyl (C=O) groups is 1. The summed E-state index contributed by atoms with van der Waals surface area (Å²) in [7, 11) is 0. The molecule has 0 bridgehead atoms. The van der Waals surface area contributed by atoms with E-state index in [0.717, 1.165) is 12.8 Å². The van der Waals surface area contributed by atoms with Crippen LogP contribution >= 0.6 is 0 Å². The monoisotopic (exact) mass is 164 g/mol. The summed E-state index contributed by atoms with van der Waals surface area (Å²) in [6.07, 6.45) is 8.61. The molecule has 1 aliphatic rings. The van der Waals surface area contributed by atoms with Crippen LogP contribution in [0.25, 0.3) is 0 Å². The van der Waals surface area contributed by atoms with Crippen LogP contribution in [0.15, 0.2) is 24.8 Å². The van der Waals surface area contributed by atoms with Gasteiger partial charge in [0.1, 0.15) is 5.78 Å². The highest BCUT2D eigenvalue weighted by atomic mass is 16.1. The van der Waals surface area contributed by atoms with Crippen molar-refractivity contribution in [1.29, 1.82) is 0 Å². The van der Waals surface area contributed by atoms with Crippen molar-refractivity contribution in [2.24, 2.45) is 11.8 Å². The lowest BCUT2D eigenvalue weighted by atomic mass is 9.80. The van der Waals surface area contributed by atoms with Gasteiger partial charge in [0.2, 0.25) is 0 Å². The van der Waals surface area contributed by atoms with E-state index in [1.54, 1.807) is 0 Å². The minimum Gasteiger partial charge on any atom is -0.300 e. The van der Waals surface area contributed by atoms with Crippen molar-refractivity contribution in [3.05, 3.63) is 24.8 Å². The van der Waals surface area contributed by atoms with Gasteiger partial charge in [-0.05, 0) is 25.2 Å². The fourth-order valence-electron chi connectivity index (χ4n) is 1.82. The highest BCUT2D eigenvalue weighted by Gasteiger charge is 2.23. The molecule has 0 amide bonds. The number of rotatable bonds is 2. The van der Waals surface area contributed by atoms with Gasteiger partial charge in [-0.1, -0.05) is 18.2 Å². The highest BCUT2D eigenvalue weighted by Crippen LogP contribution is 2.28. The number of Topliss-reactive ketones (excluding diaryl/α,β-unsaturated/α-hetero) is 1. The Balaban J connectivity index is 2.56. The lowest BCUT2D eigenvalue weighted by molar-refractivity contribution is -0.121. The SMILES string of the molecule is C=C[C@@H]1CC(=O)C[C@H](/C=C/C)C1. The molecule has 0 saturated heterocycles. The summed E-state index contributed by atoms with van der Waals surface area (Å²) < 4.78 is 0. The molecular weight excluding hydrogens is 148 g/mol. The molecule has 0 aromatic carbocycles. The second kappa shape index (κ2) is 4.24. The number of carbonyl (C=O) groups excluding carboxylic acids is 1. The average Bonchev–Trinajstić information content (AvgIpc) is 2.04. The standard InChI is InChI=1S/C11H16O/c1-3-5-10-6-9(4-2)7-11(12)8-10/h3-5,9-10H,2,6-8H2,1H3/b5-3+/t9-,10+/m0/s1. The van der Waals surface area contributed by atoms with E-state index in [2.05, 4.69) is 12.7 Å². The van der Waals surface area contributed by atoms with Gasteiger partial charge in [0.05, 0.1) is 0 Å². The van der Waals surface area contributed by atoms with Crippen LogP contribution in [0.2, 0.25) is 0 Å². The quantitative estimate of drug-likeness (QED) is 0.573. The molecule has 66 valence electrons. The Hall–Kier alpha value is -0.850. The van der Waals surface area contributed by atoms with E-state index in [1.165, 1.54) is 0 Å². The van der Waals surface area contributed by atoms with Crippen LogP contribution in [-0.4, -0.2) is 5.78 Å². The summed E-state index contributed by atoms with van der Waals surface area (Å²) in [4.78, 5) is 11.2. The van der Waals surface area contributed by atoms with E-state index >= 15 is 0 Å². The molecule has 0 aromatic rings. The third-order valence-corrected chi connectivity index (χ3v) is 2.38. The van der Waals surface area contributed by atoms with Gasteiger partial charge in [0, 0.05) is 12.8 Å². The zero-order valence-electron chi connectivity index (χ0n) is 7.62. The second-order valence-electron chi connectivity index (χ2n) is 3.46. The van der Waals surface area contributed by atoms with Crippen molar-refractivity contribution in [2.75, 3.05) is 0 Å². The first-order chi connectivity index (χ1) is 5.76. The van der Waals surface area contributed by atoms with E-state index in [9.17, 15) is 4.79 Å². The molecule has 1 saturated carbocycles. The molecule has 1 nitrogen and oxygen atoms in total. The molecule has 0 aromatic heterocycles. The van der Waals surface area contributed by atoms with Crippen molar-refractivity contribution in [3.63, 3.8) is 0 Å². The van der Waals surface area contributed by atoms with E-state index in [-0.39, 0.29) is 0 Å². The molecule has 2 atom stereocenters. The van der Waals surface area contributed by atoms with Crippen LogP contribution in [0.3, 0.4) is 0 Å². The maximum atomic E-state index is 11.2. The topological polar surface area (TPSA) is 17.1 Å². The summed E-state index contributed by atoms with van der Waals surface area (Å²) in [5, 5.41) is 0. The molecule has 0 heterocycles. The van der Waals surface area contributed by atoms with Crippen LogP contribution < -0.4 is 0 Å². The van der Waals surface area contributed by atoms with E-state index in [4.69, 9.17) is 0 Å². The lowest BCUT2D eigenvalue weighted by Crippen LogP contribution is -2.20. The molecule has 1 rings (SSSR count). The summed E-state index contributed by atoms with van der Waals surface area (Å²) in [5.41, 5.74) is 0. The Kier molecular flexibility index (Phi) is 3.27. The lowest BCUT2D eigenvalue weighted by Gasteiger charge is -2.23. The molecule has 0 unspecified atom stereocenters. The third-order valence-electron chi connectivity index (χ3n) is 2.38. The Morgan fingerprint density at radius 2 is 2.08 bits per heavy atom. The number of allylic oxidation sites excluding steroid dienone is 3. The summed E-state index contributed by atoms with van der Waals surface area (Å²) in [6, 6.07) is 0. The normalized spacial score (nSPS) is 30.9. The van der Waals surface area contributed by atoms with Gasteiger partial charge < -0.3 is 0 Å². The van der Waals surface area contributed by atoms with E-state index in [0.29, 0.717) is 24.0 Å². The Morgan fingerprint density at radius 3 is 2.67 bits per heavy atom. The molecule has 0 N–H and O–H groups in total. The van der Waals surface area contributed by atoms with Crippen LogP contribution in [0.4, 0.5) is 0 Å². The van der Waals surface area contributed by atoms with Gasteiger partial charge in [-0.25, -0.2) is 0 Å². The van der Waals surface area contributed by atoms with Crippen molar-refractivity contribution < 1.29 is 4.79 Å². The van der Waals surface area contributed by atoms with Crippen molar-refractivity contribution in [3.8, 4) is 0 Å². The smallest absolute Gasteiger partial charge is 0.134 e. The zero-order valence-corrected chi connectivity index (χ0v) is 7.62. The molecule has 0 spiro atoms. The fourth-order valence-corrected chi connectivity index (χ4v) is 1.82. The van der Waals surface area contributed by atoms with Gasteiger partial charge >= 0.3 is 0 Å². The molecule has 12 heavy (non-hydrogen) atoms. The molecular formula is C11H16O. The van der Waals surface area contributed by atoms with Gasteiger partial charge in [0.15, 0.2) is 0 Å². The second-order valence-corrected chi connectivity index (χ2v) is 3.46. The first-order valence-electron chi connectivity index (χ1n) is 4.53. The molecule has 1 heteroatoms. The zero-order chi connectivity index (χ0) is 8.97. The summed E-state index contributed by atoms with van der Waals surface area (Å²) in [5.74, 6) is 1.25. The summed E-state index contributed by atoms with van der Waals surface area (Å²) in [6.45, 7) is 5.74. The van der Waals surface area contributed by atoms with Crippen LogP contribution in [-0.2, 0) is 4.79 Å². The highest BCUT2D eigenvalue weighted by molar-refractivity contribution is 5.80. The van der Waals surface area contributed by atoms with Crippen LogP contribution in [0, 0.1) is 11.8 Å². The number of ketones is 1. The minimum atomic E-state index is 0.384. The van der Waals surface area contributed by atoms with Crippen LogP contribution in [0.1, 0.15) is 26.2 Å². The maximum Gasteiger partial charge on any atom is 0.134 e. The Bertz CT molecular complexity index is 203. The molecule has 0 aliphatic heterocycles.